The molecule has 0 unspecified atom stereocenters. The van der Waals surface area contributed by atoms with Gasteiger partial charge in [0.15, 0.2) is 0 Å². The molecule has 0 saturated carbocycles. The summed E-state index contributed by atoms with van der Waals surface area (Å²) in [5.74, 6) is 1.47. The van der Waals surface area contributed by atoms with Crippen molar-refractivity contribution in [3.63, 3.8) is 0 Å². The van der Waals surface area contributed by atoms with E-state index in [-0.39, 0.29) is 17.9 Å². The molecule has 1 aromatic carbocycles. The van der Waals surface area contributed by atoms with E-state index in [1.54, 1.807) is 35.7 Å². The van der Waals surface area contributed by atoms with Gasteiger partial charge in [-0.05, 0) is 49.7 Å². The van der Waals surface area contributed by atoms with Crippen LogP contribution >= 0.6 is 23.5 Å². The minimum atomic E-state index is -1.11. The summed E-state index contributed by atoms with van der Waals surface area (Å²) in [5, 5.41) is 21.3. The predicted octanol–water partition coefficient (Wildman–Crippen LogP) is 3.88. The van der Waals surface area contributed by atoms with Gasteiger partial charge in [-0.3, -0.25) is 0 Å². The number of nitrogens with zero attached hydrogens (tertiary/aromatic N) is 1. The zero-order valence-electron chi connectivity index (χ0n) is 13.9. The number of benzene rings is 1. The zero-order chi connectivity index (χ0) is 17.7. The van der Waals surface area contributed by atoms with Gasteiger partial charge < -0.3 is 15.1 Å². The maximum absolute atomic E-state index is 14.7. The SMILES string of the molecule is O=C(O)N1[C@@H]2CC[C@H]1C[C@](O)(C1(c3ccccc3F)SCCCS1)C2. The smallest absolute Gasteiger partial charge is 0.407 e. The molecule has 2 bridgehead atoms. The monoisotopic (exact) mass is 383 g/mol. The molecule has 136 valence electrons. The average Bonchev–Trinajstić information content (AvgIpc) is 2.88. The summed E-state index contributed by atoms with van der Waals surface area (Å²) < 4.78 is 14.0. The van der Waals surface area contributed by atoms with Gasteiger partial charge in [-0.15, -0.1) is 23.5 Å². The first-order chi connectivity index (χ1) is 12.0. The van der Waals surface area contributed by atoms with Crippen molar-refractivity contribution in [2.45, 2.75) is 53.9 Å². The molecule has 7 heteroatoms. The Morgan fingerprint density at radius 2 is 1.76 bits per heavy atom. The number of piperidine rings is 1. The summed E-state index contributed by atoms with van der Waals surface area (Å²) in [5.41, 5.74) is -0.557. The van der Waals surface area contributed by atoms with Crippen molar-refractivity contribution in [3.05, 3.63) is 35.6 Å². The van der Waals surface area contributed by atoms with E-state index in [1.807, 2.05) is 6.07 Å². The second-order valence-electron chi connectivity index (χ2n) is 7.16. The molecule has 0 aliphatic carbocycles. The number of aliphatic hydroxyl groups is 1. The number of hydrogen-bond donors (Lipinski definition) is 2. The van der Waals surface area contributed by atoms with Crippen LogP contribution in [-0.4, -0.2) is 50.4 Å². The van der Waals surface area contributed by atoms with Crippen LogP contribution in [0.1, 0.15) is 37.7 Å². The first kappa shape index (κ1) is 17.5. The molecule has 2 N–H and O–H groups in total. The van der Waals surface area contributed by atoms with Crippen molar-refractivity contribution in [2.75, 3.05) is 11.5 Å². The lowest BCUT2D eigenvalue weighted by Gasteiger charge is -2.53. The highest BCUT2D eigenvalue weighted by Gasteiger charge is 2.61. The summed E-state index contributed by atoms with van der Waals surface area (Å²) in [4.78, 5) is 13.1. The highest BCUT2D eigenvalue weighted by Crippen LogP contribution is 2.62. The van der Waals surface area contributed by atoms with Crippen molar-refractivity contribution >= 4 is 29.6 Å². The molecule has 0 spiro atoms. The number of fused-ring (bicyclic) bond motifs is 2. The molecule has 4 rings (SSSR count). The molecule has 3 heterocycles. The largest absolute Gasteiger partial charge is 0.465 e. The van der Waals surface area contributed by atoms with Crippen LogP contribution in [0.4, 0.5) is 9.18 Å². The van der Waals surface area contributed by atoms with Gasteiger partial charge >= 0.3 is 6.09 Å². The fourth-order valence-corrected chi connectivity index (χ4v) is 8.42. The third-order valence-electron chi connectivity index (χ3n) is 5.73. The van der Waals surface area contributed by atoms with Crippen LogP contribution in [0.25, 0.3) is 0 Å². The minimum Gasteiger partial charge on any atom is -0.465 e. The molecular weight excluding hydrogens is 361 g/mol. The zero-order valence-corrected chi connectivity index (χ0v) is 15.5. The molecule has 3 aliphatic heterocycles. The van der Waals surface area contributed by atoms with Crippen molar-refractivity contribution in [3.8, 4) is 0 Å². The Kier molecular flexibility index (Phi) is 4.45. The van der Waals surface area contributed by atoms with Gasteiger partial charge in [-0.1, -0.05) is 18.2 Å². The first-order valence-electron chi connectivity index (χ1n) is 8.73. The summed E-state index contributed by atoms with van der Waals surface area (Å²) in [7, 11) is 0. The van der Waals surface area contributed by atoms with Crippen LogP contribution in [0.5, 0.6) is 0 Å². The van der Waals surface area contributed by atoms with E-state index >= 15 is 0 Å². The Labute approximate surface area is 155 Å². The van der Waals surface area contributed by atoms with Gasteiger partial charge in [0.05, 0.1) is 5.60 Å². The van der Waals surface area contributed by atoms with E-state index in [2.05, 4.69) is 0 Å². The highest BCUT2D eigenvalue weighted by atomic mass is 32.2. The van der Waals surface area contributed by atoms with Crippen molar-refractivity contribution in [2.24, 2.45) is 0 Å². The fourth-order valence-electron chi connectivity index (χ4n) is 4.74. The molecule has 0 aromatic heterocycles. The number of carboxylic acid groups (broad SMARTS) is 1. The Morgan fingerprint density at radius 1 is 1.16 bits per heavy atom. The van der Waals surface area contributed by atoms with Crippen LogP contribution in [0.3, 0.4) is 0 Å². The van der Waals surface area contributed by atoms with Gasteiger partial charge in [0, 0.05) is 17.6 Å². The Bertz CT molecular complexity index is 666. The van der Waals surface area contributed by atoms with Gasteiger partial charge in [-0.2, -0.15) is 0 Å². The lowest BCUT2D eigenvalue weighted by molar-refractivity contribution is -0.0541. The van der Waals surface area contributed by atoms with Gasteiger partial charge in [0.2, 0.25) is 0 Å². The van der Waals surface area contributed by atoms with E-state index in [4.69, 9.17) is 0 Å². The Morgan fingerprint density at radius 3 is 2.32 bits per heavy atom. The van der Waals surface area contributed by atoms with Crippen LogP contribution in [0.2, 0.25) is 0 Å². The number of thioether (sulfide) groups is 2. The molecule has 0 radical (unpaired) electrons. The van der Waals surface area contributed by atoms with Gasteiger partial charge in [0.1, 0.15) is 9.90 Å². The molecule has 25 heavy (non-hydrogen) atoms. The average molecular weight is 384 g/mol. The predicted molar refractivity (Wildman–Crippen MR) is 98.5 cm³/mol. The molecule has 3 fully saturated rings. The number of hydrogen-bond acceptors (Lipinski definition) is 4. The number of carbonyl (C=O) groups is 1. The lowest BCUT2D eigenvalue weighted by atomic mass is 9.80. The van der Waals surface area contributed by atoms with E-state index in [9.17, 15) is 19.4 Å². The van der Waals surface area contributed by atoms with E-state index in [0.717, 1.165) is 30.8 Å². The molecule has 3 saturated heterocycles. The standard InChI is InChI=1S/C18H22FNO3S2/c19-15-5-2-1-4-14(15)18(24-8-3-9-25-18)17(23)10-12-6-7-13(11-17)20(12)16(21)22/h1-2,4-5,12-13,23H,3,6-11H2,(H,21,22)/t12-,13+,17+. The molecule has 1 amide bonds. The number of halogens is 1. The fraction of sp³-hybridized carbons (Fsp3) is 0.611. The number of amides is 1. The molecule has 1 aromatic rings. The molecular formula is C18H22FNO3S2. The Hall–Kier alpha value is -0.920. The molecule has 4 nitrogen and oxygen atoms in total. The third kappa shape index (κ3) is 2.66. The third-order valence-corrected chi connectivity index (χ3v) is 9.43. The van der Waals surface area contributed by atoms with E-state index in [1.165, 1.54) is 11.0 Å². The summed E-state index contributed by atoms with van der Waals surface area (Å²) in [6.45, 7) is 0. The second kappa shape index (κ2) is 6.35. The molecule has 3 aliphatic rings. The highest BCUT2D eigenvalue weighted by molar-refractivity contribution is 8.18. The minimum absolute atomic E-state index is 0.173. The normalized spacial score (nSPS) is 34.1. The quantitative estimate of drug-likeness (QED) is 0.811. The van der Waals surface area contributed by atoms with E-state index in [0.29, 0.717) is 18.4 Å². The Balaban J connectivity index is 1.76. The topological polar surface area (TPSA) is 60.8 Å². The summed E-state index contributed by atoms with van der Waals surface area (Å²) in [6, 6.07) is 6.38. The number of rotatable bonds is 2. The first-order valence-corrected chi connectivity index (χ1v) is 10.7. The van der Waals surface area contributed by atoms with Crippen LogP contribution < -0.4 is 0 Å². The van der Waals surface area contributed by atoms with Crippen molar-refractivity contribution in [1.29, 1.82) is 0 Å². The van der Waals surface area contributed by atoms with Gasteiger partial charge in [-0.25, -0.2) is 9.18 Å². The van der Waals surface area contributed by atoms with Gasteiger partial charge in [0.25, 0.3) is 0 Å². The summed E-state index contributed by atoms with van der Waals surface area (Å²) >= 11 is 3.26. The van der Waals surface area contributed by atoms with Crippen LogP contribution in [0, 0.1) is 5.82 Å². The lowest BCUT2D eigenvalue weighted by Crippen LogP contribution is -2.60. The maximum Gasteiger partial charge on any atom is 0.407 e. The maximum atomic E-state index is 14.7. The summed E-state index contributed by atoms with van der Waals surface area (Å²) in [6.07, 6.45) is 2.45. The van der Waals surface area contributed by atoms with Crippen molar-refractivity contribution < 1.29 is 19.4 Å². The van der Waals surface area contributed by atoms with Crippen molar-refractivity contribution in [1.82, 2.24) is 4.90 Å². The van der Waals surface area contributed by atoms with E-state index < -0.39 is 15.8 Å². The molecule has 3 atom stereocenters. The second-order valence-corrected chi connectivity index (χ2v) is 10.0. The van der Waals surface area contributed by atoms with Crippen LogP contribution in [0.15, 0.2) is 24.3 Å². The van der Waals surface area contributed by atoms with Crippen LogP contribution in [-0.2, 0) is 4.08 Å².